The summed E-state index contributed by atoms with van der Waals surface area (Å²) in [6.07, 6.45) is -26.7. The summed E-state index contributed by atoms with van der Waals surface area (Å²) >= 11 is 0. The van der Waals surface area contributed by atoms with E-state index in [-0.39, 0.29) is 48.0 Å². The molecule has 8 rings (SSSR count). The van der Waals surface area contributed by atoms with Crippen LogP contribution >= 0.6 is 0 Å². The molecule has 7 fully saturated rings. The quantitative estimate of drug-likeness (QED) is 0.0661. The number of rotatable bonds is 16. The Kier molecular flexibility index (Phi) is 18.8. The number of ether oxygens (including phenoxy) is 8. The van der Waals surface area contributed by atoms with Crippen molar-refractivity contribution in [3.63, 3.8) is 0 Å². The van der Waals surface area contributed by atoms with Crippen molar-refractivity contribution in [2.45, 2.75) is 208 Å². The Labute approximate surface area is 430 Å². The molecular weight excluding hydrogens is 981 g/mol. The second-order valence-electron chi connectivity index (χ2n) is 23.2. The molecule has 0 spiro atoms. The lowest BCUT2D eigenvalue weighted by atomic mass is 9.46. The van der Waals surface area contributed by atoms with Crippen molar-refractivity contribution in [2.24, 2.45) is 52.3 Å². The second-order valence-corrected chi connectivity index (χ2v) is 23.2. The Morgan fingerprint density at radius 1 is 0.608 bits per heavy atom. The average Bonchev–Trinajstić information content (AvgIpc) is 3.65. The number of aliphatic hydroxyl groups is 15. The first-order chi connectivity index (χ1) is 35.0. The highest BCUT2D eigenvalue weighted by atomic mass is 16.8. The van der Waals surface area contributed by atoms with E-state index in [2.05, 4.69) is 46.8 Å². The second kappa shape index (κ2) is 23.7. The zero-order chi connectivity index (χ0) is 53.9. The molecule has 8 aliphatic rings. The van der Waals surface area contributed by atoms with Crippen LogP contribution in [0.15, 0.2) is 23.8 Å². The smallest absolute Gasteiger partial charge is 0.187 e. The van der Waals surface area contributed by atoms with E-state index in [1.165, 1.54) is 0 Å². The molecule has 0 aromatic heterocycles. The van der Waals surface area contributed by atoms with Crippen LogP contribution in [0.1, 0.15) is 73.1 Å². The maximum atomic E-state index is 12.3. The van der Waals surface area contributed by atoms with E-state index in [1.54, 1.807) is 0 Å². The minimum Gasteiger partial charge on any atom is -0.396 e. The number of hydrogen-bond acceptors (Lipinski definition) is 23. The highest BCUT2D eigenvalue weighted by molar-refractivity contribution is 5.30. The van der Waals surface area contributed by atoms with E-state index in [0.717, 1.165) is 18.4 Å². The molecule has 0 aromatic carbocycles. The van der Waals surface area contributed by atoms with Crippen LogP contribution in [0.4, 0.5) is 0 Å². The summed E-state index contributed by atoms with van der Waals surface area (Å²) in [4.78, 5) is 0. The summed E-state index contributed by atoms with van der Waals surface area (Å²) in [7, 11) is 0. The van der Waals surface area contributed by atoms with Gasteiger partial charge in [0.2, 0.25) is 0 Å². The summed E-state index contributed by atoms with van der Waals surface area (Å²) in [5, 5.41) is 164. The summed E-state index contributed by atoms with van der Waals surface area (Å²) in [5.74, 6) is 0.940. The molecule has 74 heavy (non-hydrogen) atoms. The largest absolute Gasteiger partial charge is 0.396 e. The summed E-state index contributed by atoms with van der Waals surface area (Å²) in [5.41, 5.74) is 0.0194. The van der Waals surface area contributed by atoms with Crippen LogP contribution in [0.2, 0.25) is 0 Å². The summed E-state index contributed by atoms with van der Waals surface area (Å²) < 4.78 is 47.7. The monoisotopic (exact) mass is 1060 g/mol. The van der Waals surface area contributed by atoms with Crippen LogP contribution < -0.4 is 0 Å². The first-order valence-electron chi connectivity index (χ1n) is 26.6. The van der Waals surface area contributed by atoms with Crippen LogP contribution in [-0.2, 0) is 37.9 Å². The van der Waals surface area contributed by atoms with E-state index in [1.807, 2.05) is 6.08 Å². The van der Waals surface area contributed by atoms with Crippen molar-refractivity contribution >= 4 is 0 Å². The summed E-state index contributed by atoms with van der Waals surface area (Å²) in [6, 6.07) is 0. The van der Waals surface area contributed by atoms with Crippen molar-refractivity contribution in [3.05, 3.63) is 23.8 Å². The Balaban J connectivity index is 1.04. The number of hydrogen-bond donors (Lipinski definition) is 15. The number of fused-ring (bicyclic) bond motifs is 5. The highest BCUT2D eigenvalue weighted by Crippen LogP contribution is 2.67. The maximum absolute atomic E-state index is 12.3. The average molecular weight is 1070 g/mol. The van der Waals surface area contributed by atoms with Crippen LogP contribution in [0.25, 0.3) is 0 Å². The molecule has 4 aliphatic carbocycles. The zero-order valence-electron chi connectivity index (χ0n) is 42.7. The van der Waals surface area contributed by atoms with Crippen molar-refractivity contribution in [2.75, 3.05) is 33.0 Å². The number of aliphatic hydroxyl groups excluding tert-OH is 15. The van der Waals surface area contributed by atoms with E-state index in [0.29, 0.717) is 31.1 Å². The Morgan fingerprint density at radius 2 is 1.18 bits per heavy atom. The van der Waals surface area contributed by atoms with Gasteiger partial charge in [0.1, 0.15) is 97.7 Å². The van der Waals surface area contributed by atoms with E-state index in [4.69, 9.17) is 37.9 Å². The molecule has 15 N–H and O–H groups in total. The third-order valence-corrected chi connectivity index (χ3v) is 18.7. The first kappa shape index (κ1) is 58.7. The highest BCUT2D eigenvalue weighted by Gasteiger charge is 2.64. The maximum Gasteiger partial charge on any atom is 0.187 e. The fourth-order valence-electron chi connectivity index (χ4n) is 14.0. The molecule has 4 saturated heterocycles. The summed E-state index contributed by atoms with van der Waals surface area (Å²) in [6.45, 7) is 7.76. The van der Waals surface area contributed by atoms with Gasteiger partial charge in [-0.2, -0.15) is 0 Å². The normalized spacial score (nSPS) is 51.8. The fourth-order valence-corrected chi connectivity index (χ4v) is 14.0. The van der Waals surface area contributed by atoms with Gasteiger partial charge >= 0.3 is 0 Å². The number of allylic oxidation sites excluding steroid dienone is 2. The molecule has 30 atom stereocenters. The third-order valence-electron chi connectivity index (χ3n) is 18.7. The molecule has 0 bridgehead atoms. The molecule has 4 heterocycles. The van der Waals surface area contributed by atoms with Gasteiger partial charge in [-0.25, -0.2) is 0 Å². The van der Waals surface area contributed by atoms with Crippen LogP contribution in [0, 0.1) is 52.3 Å². The first-order valence-corrected chi connectivity index (χ1v) is 26.6. The predicted molar refractivity (Wildman–Crippen MR) is 252 cm³/mol. The SMILES string of the molecule is CC(C)[C@H](C)/C=C/C(CO)C1CC(O)C2[C@@H]3CC=C4[C@@H](O)[C@@H](O[C@@H]5OC(CO)[C@@H](O[C@@H]6OC(CO)[C@H](O)C(O)C6O)C(O[C@@H]6OC[C@@H](O)C(O)C6O[C@H]6OC(CO)[C@H](O)C(O)C6O)C5O)CC[C@]4(C)C3CC[C@]12C. The molecule has 426 valence electrons. The molecule has 3 saturated carbocycles. The van der Waals surface area contributed by atoms with Crippen LogP contribution in [0.3, 0.4) is 0 Å². The van der Waals surface area contributed by atoms with Crippen LogP contribution in [0.5, 0.6) is 0 Å². The molecule has 0 aromatic rings. The van der Waals surface area contributed by atoms with E-state index in [9.17, 15) is 76.6 Å². The van der Waals surface area contributed by atoms with Gasteiger partial charge in [0.05, 0.1) is 38.6 Å². The lowest BCUT2D eigenvalue weighted by Gasteiger charge is -2.59. The van der Waals surface area contributed by atoms with Gasteiger partial charge in [0.15, 0.2) is 25.2 Å². The Bertz CT molecular complexity index is 1890. The topological polar surface area (TPSA) is 377 Å². The zero-order valence-corrected chi connectivity index (χ0v) is 42.7. The van der Waals surface area contributed by atoms with Crippen molar-refractivity contribution in [1.82, 2.24) is 0 Å². The van der Waals surface area contributed by atoms with Gasteiger partial charge in [0, 0.05) is 12.5 Å². The predicted octanol–water partition coefficient (Wildman–Crippen LogP) is -3.74. The molecule has 0 radical (unpaired) electrons. The minimum absolute atomic E-state index is 0.0101. The Morgan fingerprint density at radius 3 is 1.76 bits per heavy atom. The van der Waals surface area contributed by atoms with Gasteiger partial charge in [-0.3, -0.25) is 0 Å². The molecule has 23 nitrogen and oxygen atoms in total. The van der Waals surface area contributed by atoms with E-state index >= 15 is 0 Å². The van der Waals surface area contributed by atoms with E-state index < -0.39 is 167 Å². The lowest BCUT2D eigenvalue weighted by molar-refractivity contribution is -0.397. The standard InChI is InChI=1S/C51H84O23/c1-20(2)21(3)6-7-22(15-52)26-14-27(56)33-23-8-9-25-34(58)29(11-13-50(25,4)24(23)10-12-51(26,33)5)68-48-42(66)44(43(32(18-55)71-48)72-46-40(64)38(62)36(60)30(16-53)69-46)73-49-45(35(59)28(57)19-67-49)74-47-41(65)39(63)37(61)31(17-54)70-47/h6-7,9,20-24,26-49,52-66H,8,10-19H2,1-5H3/b7-6+/t21-,22?,23-,24?,26?,27?,28-,29+,30?,31?,32?,33?,34-,35?,36+,37+,38?,39?,40?,41?,42?,43-,44?,45?,46+,47-,48-,49+,50-,51-/m1/s1. The molecular formula is C51H84O23. The van der Waals surface area contributed by atoms with Gasteiger partial charge in [0.25, 0.3) is 0 Å². The third kappa shape index (κ3) is 10.8. The van der Waals surface area contributed by atoms with Crippen molar-refractivity contribution in [3.8, 4) is 0 Å². The van der Waals surface area contributed by atoms with Crippen molar-refractivity contribution in [1.29, 1.82) is 0 Å². The van der Waals surface area contributed by atoms with Crippen molar-refractivity contribution < 1.29 is 114 Å². The van der Waals surface area contributed by atoms with Gasteiger partial charge in [-0.15, -0.1) is 0 Å². The fraction of sp³-hybridized carbons (Fsp3) is 0.922. The minimum atomic E-state index is -1.98. The molecule has 16 unspecified atom stereocenters. The van der Waals surface area contributed by atoms with Gasteiger partial charge in [-0.05, 0) is 90.4 Å². The molecule has 4 aliphatic heterocycles. The molecule has 0 amide bonds. The molecule has 23 heteroatoms. The Hall–Kier alpha value is -1.44. The van der Waals surface area contributed by atoms with Crippen LogP contribution in [-0.4, -0.2) is 245 Å². The lowest BCUT2D eigenvalue weighted by Crippen LogP contribution is -2.67. The van der Waals surface area contributed by atoms with Gasteiger partial charge < -0.3 is 114 Å². The van der Waals surface area contributed by atoms with Gasteiger partial charge in [-0.1, -0.05) is 52.8 Å².